The predicted octanol–water partition coefficient (Wildman–Crippen LogP) is 0.985. The summed E-state index contributed by atoms with van der Waals surface area (Å²) in [6.07, 6.45) is 6.58. The summed E-state index contributed by atoms with van der Waals surface area (Å²) in [6.45, 7) is 2.31. The Hall–Kier alpha value is -0.870. The lowest BCUT2D eigenvalue weighted by molar-refractivity contribution is 0.340. The zero-order chi connectivity index (χ0) is 10.9. The second-order valence-electron chi connectivity index (χ2n) is 4.86. The lowest BCUT2D eigenvalue weighted by Gasteiger charge is -2.22. The van der Waals surface area contributed by atoms with E-state index in [1.807, 2.05) is 17.9 Å². The van der Waals surface area contributed by atoms with Crippen LogP contribution in [0.2, 0.25) is 0 Å². The number of nitrogens with one attached hydrogen (secondary N) is 1. The van der Waals surface area contributed by atoms with Gasteiger partial charge < -0.3 is 0 Å². The van der Waals surface area contributed by atoms with Gasteiger partial charge in [0.15, 0.2) is 0 Å². The monoisotopic (exact) mass is 208 g/mol. The van der Waals surface area contributed by atoms with Crippen molar-refractivity contribution in [3.05, 3.63) is 18.0 Å². The minimum Gasteiger partial charge on any atom is -0.273 e. The van der Waals surface area contributed by atoms with E-state index < -0.39 is 0 Å². The van der Waals surface area contributed by atoms with Crippen molar-refractivity contribution in [2.24, 2.45) is 18.3 Å². The summed E-state index contributed by atoms with van der Waals surface area (Å²) in [4.78, 5) is 0. The number of hydrogen-bond acceptors (Lipinski definition) is 3. The molecule has 0 bridgehead atoms. The quantitative estimate of drug-likeness (QED) is 0.560. The van der Waals surface area contributed by atoms with Crippen LogP contribution in [-0.4, -0.2) is 15.8 Å². The molecule has 1 atom stereocenters. The number of aromatic nitrogens is 2. The SMILES string of the molecule is Cn1nccc1CCC(NN)C1(C)CC1. The molecule has 2 rings (SSSR count). The zero-order valence-corrected chi connectivity index (χ0v) is 9.53. The molecule has 1 heterocycles. The molecule has 1 fully saturated rings. The van der Waals surface area contributed by atoms with Crippen LogP contribution in [0.5, 0.6) is 0 Å². The normalized spacial score (nSPS) is 20.2. The Morgan fingerprint density at radius 1 is 1.67 bits per heavy atom. The lowest BCUT2D eigenvalue weighted by Crippen LogP contribution is -2.41. The predicted molar refractivity (Wildman–Crippen MR) is 60.0 cm³/mol. The van der Waals surface area contributed by atoms with Crippen molar-refractivity contribution in [1.29, 1.82) is 0 Å². The average Bonchev–Trinajstić information content (AvgIpc) is 2.82. The third-order valence-electron chi connectivity index (χ3n) is 3.69. The maximum atomic E-state index is 5.60. The van der Waals surface area contributed by atoms with Gasteiger partial charge in [-0.1, -0.05) is 6.92 Å². The largest absolute Gasteiger partial charge is 0.273 e. The van der Waals surface area contributed by atoms with E-state index in [-0.39, 0.29) is 0 Å². The van der Waals surface area contributed by atoms with Crippen molar-refractivity contribution >= 4 is 0 Å². The van der Waals surface area contributed by atoms with Crippen LogP contribution in [0.4, 0.5) is 0 Å². The molecule has 4 nitrogen and oxygen atoms in total. The van der Waals surface area contributed by atoms with Crippen LogP contribution in [0.25, 0.3) is 0 Å². The van der Waals surface area contributed by atoms with Crippen LogP contribution in [0.1, 0.15) is 31.9 Å². The Balaban J connectivity index is 1.89. The highest BCUT2D eigenvalue weighted by molar-refractivity contribution is 5.03. The van der Waals surface area contributed by atoms with Gasteiger partial charge in [-0.2, -0.15) is 5.10 Å². The summed E-state index contributed by atoms with van der Waals surface area (Å²) >= 11 is 0. The second kappa shape index (κ2) is 3.94. The molecule has 3 N–H and O–H groups in total. The van der Waals surface area contributed by atoms with E-state index in [1.54, 1.807) is 0 Å². The maximum absolute atomic E-state index is 5.60. The second-order valence-corrected chi connectivity index (χ2v) is 4.86. The van der Waals surface area contributed by atoms with Crippen molar-refractivity contribution in [2.75, 3.05) is 0 Å². The van der Waals surface area contributed by atoms with Gasteiger partial charge in [0, 0.05) is 25.0 Å². The van der Waals surface area contributed by atoms with E-state index in [0.29, 0.717) is 11.5 Å². The fourth-order valence-corrected chi connectivity index (χ4v) is 2.12. The molecule has 1 aromatic heterocycles. The molecule has 4 heteroatoms. The molecule has 1 aliphatic rings. The minimum absolute atomic E-state index is 0.437. The molecular weight excluding hydrogens is 188 g/mol. The highest BCUT2D eigenvalue weighted by Gasteiger charge is 2.43. The standard InChI is InChI=1S/C11H20N4/c1-11(6-7-11)10(14-12)4-3-9-5-8-13-15(9)2/h5,8,10,14H,3-4,6-7,12H2,1-2H3. The van der Waals surface area contributed by atoms with Crippen molar-refractivity contribution < 1.29 is 0 Å². The Bertz CT molecular complexity index is 327. The van der Waals surface area contributed by atoms with E-state index in [1.165, 1.54) is 18.5 Å². The lowest BCUT2D eigenvalue weighted by atomic mass is 9.94. The fraction of sp³-hybridized carbons (Fsp3) is 0.727. The summed E-state index contributed by atoms with van der Waals surface area (Å²) in [5.41, 5.74) is 4.67. The molecule has 1 aromatic rings. The molecule has 84 valence electrons. The topological polar surface area (TPSA) is 55.9 Å². The van der Waals surface area contributed by atoms with E-state index in [4.69, 9.17) is 5.84 Å². The molecule has 0 aromatic carbocycles. The van der Waals surface area contributed by atoms with Gasteiger partial charge in [0.25, 0.3) is 0 Å². The van der Waals surface area contributed by atoms with Crippen LogP contribution in [-0.2, 0) is 13.5 Å². The van der Waals surface area contributed by atoms with E-state index in [0.717, 1.165) is 12.8 Å². The first kappa shape index (κ1) is 10.6. The summed E-state index contributed by atoms with van der Waals surface area (Å²) in [5.74, 6) is 5.60. The number of aryl methyl sites for hydroxylation is 2. The zero-order valence-electron chi connectivity index (χ0n) is 9.53. The third kappa shape index (κ3) is 2.21. The average molecular weight is 208 g/mol. The number of hydrazine groups is 1. The molecule has 0 saturated heterocycles. The Labute approximate surface area is 90.8 Å². The molecule has 0 amide bonds. The van der Waals surface area contributed by atoms with E-state index in [2.05, 4.69) is 23.5 Å². The highest BCUT2D eigenvalue weighted by Crippen LogP contribution is 2.48. The first-order valence-electron chi connectivity index (χ1n) is 5.59. The molecule has 15 heavy (non-hydrogen) atoms. The molecule has 0 aliphatic heterocycles. The van der Waals surface area contributed by atoms with Gasteiger partial charge in [-0.25, -0.2) is 0 Å². The van der Waals surface area contributed by atoms with Crippen LogP contribution in [0, 0.1) is 5.41 Å². The minimum atomic E-state index is 0.437. The van der Waals surface area contributed by atoms with Gasteiger partial charge in [-0.15, -0.1) is 0 Å². The molecule has 0 spiro atoms. The maximum Gasteiger partial charge on any atom is 0.0492 e. The molecule has 1 aliphatic carbocycles. The van der Waals surface area contributed by atoms with Gasteiger partial charge in [0.1, 0.15) is 0 Å². The van der Waals surface area contributed by atoms with Crippen LogP contribution in [0.3, 0.4) is 0 Å². The fourth-order valence-electron chi connectivity index (χ4n) is 2.12. The Morgan fingerprint density at radius 3 is 2.87 bits per heavy atom. The van der Waals surface area contributed by atoms with Gasteiger partial charge in [0.05, 0.1) is 0 Å². The molecule has 1 unspecified atom stereocenters. The molecule has 1 saturated carbocycles. The summed E-state index contributed by atoms with van der Waals surface area (Å²) in [5, 5.41) is 4.16. The summed E-state index contributed by atoms with van der Waals surface area (Å²) in [6, 6.07) is 2.51. The first-order chi connectivity index (χ1) is 7.15. The van der Waals surface area contributed by atoms with Gasteiger partial charge in [-0.05, 0) is 37.2 Å². The van der Waals surface area contributed by atoms with Gasteiger partial charge >= 0.3 is 0 Å². The van der Waals surface area contributed by atoms with Crippen molar-refractivity contribution in [1.82, 2.24) is 15.2 Å². The van der Waals surface area contributed by atoms with Crippen LogP contribution < -0.4 is 11.3 Å². The number of nitrogens with two attached hydrogens (primary N) is 1. The van der Waals surface area contributed by atoms with Gasteiger partial charge in [0.2, 0.25) is 0 Å². The number of hydrogen-bond donors (Lipinski definition) is 2. The number of rotatable bonds is 5. The summed E-state index contributed by atoms with van der Waals surface area (Å²) in [7, 11) is 1.99. The first-order valence-corrected chi connectivity index (χ1v) is 5.59. The van der Waals surface area contributed by atoms with Crippen LogP contribution in [0.15, 0.2) is 12.3 Å². The third-order valence-corrected chi connectivity index (χ3v) is 3.69. The van der Waals surface area contributed by atoms with Crippen molar-refractivity contribution in [3.8, 4) is 0 Å². The molecule has 0 radical (unpaired) electrons. The van der Waals surface area contributed by atoms with Crippen molar-refractivity contribution in [3.63, 3.8) is 0 Å². The molecular formula is C11H20N4. The van der Waals surface area contributed by atoms with Crippen LogP contribution >= 0.6 is 0 Å². The smallest absolute Gasteiger partial charge is 0.0492 e. The number of nitrogens with zero attached hydrogens (tertiary/aromatic N) is 2. The Morgan fingerprint density at radius 2 is 2.40 bits per heavy atom. The van der Waals surface area contributed by atoms with E-state index in [9.17, 15) is 0 Å². The van der Waals surface area contributed by atoms with Crippen molar-refractivity contribution in [2.45, 2.75) is 38.6 Å². The van der Waals surface area contributed by atoms with Gasteiger partial charge in [-0.3, -0.25) is 16.0 Å². The summed E-state index contributed by atoms with van der Waals surface area (Å²) < 4.78 is 1.93. The van der Waals surface area contributed by atoms with E-state index >= 15 is 0 Å². The Kier molecular flexibility index (Phi) is 2.80. The highest BCUT2D eigenvalue weighted by atomic mass is 15.3.